The summed E-state index contributed by atoms with van der Waals surface area (Å²) in [5.74, 6) is -0.498. The first kappa shape index (κ1) is 17.1. The van der Waals surface area contributed by atoms with Crippen LogP contribution in [0.1, 0.15) is 44.9 Å². The minimum absolute atomic E-state index is 0.0687. The molecule has 21 heavy (non-hydrogen) atoms. The van der Waals surface area contributed by atoms with Crippen molar-refractivity contribution < 1.29 is 14.6 Å². The molecule has 0 aromatic carbocycles. The molecule has 2 saturated carbocycles. The lowest BCUT2D eigenvalue weighted by molar-refractivity contribution is -0.133. The maximum atomic E-state index is 11.7. The molecular weight excluding hydrogens is 311 g/mol. The molecule has 0 unspecified atom stereocenters. The zero-order valence-electron chi connectivity index (χ0n) is 12.4. The monoisotopic (exact) mass is 334 g/mol. The summed E-state index contributed by atoms with van der Waals surface area (Å²) in [4.78, 5) is 11.7. The van der Waals surface area contributed by atoms with Gasteiger partial charge in [0.1, 0.15) is 0 Å². The van der Waals surface area contributed by atoms with Gasteiger partial charge in [-0.2, -0.15) is 0 Å². The topological polar surface area (TPSA) is 46.5 Å². The Morgan fingerprint density at radius 3 is 2.19 bits per heavy atom. The molecule has 0 bridgehead atoms. The molecule has 2 atom stereocenters. The predicted octanol–water partition coefficient (Wildman–Crippen LogP) is 4.22. The summed E-state index contributed by atoms with van der Waals surface area (Å²) in [6, 6.07) is 0. The van der Waals surface area contributed by atoms with Crippen LogP contribution in [-0.4, -0.2) is 35.0 Å². The molecule has 2 fully saturated rings. The molecule has 1 N–H and O–H groups in total. The molecule has 0 amide bonds. The smallest absolute Gasteiger partial charge is 0.331 e. The van der Waals surface area contributed by atoms with Crippen molar-refractivity contribution in [3.05, 3.63) is 11.6 Å². The van der Waals surface area contributed by atoms with Gasteiger partial charge < -0.3 is 9.84 Å². The Balaban J connectivity index is 2.11. The molecule has 2 rings (SSSR count). The first-order chi connectivity index (χ1) is 10.0. The van der Waals surface area contributed by atoms with Crippen molar-refractivity contribution >= 4 is 29.2 Å². The summed E-state index contributed by atoms with van der Waals surface area (Å²) < 4.78 is 5.32. The highest BCUT2D eigenvalue weighted by atomic mass is 35.5. The van der Waals surface area contributed by atoms with Crippen molar-refractivity contribution in [2.24, 2.45) is 11.8 Å². The number of carboxylic acid groups (broad SMARTS) is 1. The Morgan fingerprint density at radius 1 is 1.14 bits per heavy atom. The van der Waals surface area contributed by atoms with Gasteiger partial charge >= 0.3 is 5.97 Å². The number of carbonyl (C=O) groups is 1. The third-order valence-corrected chi connectivity index (χ3v) is 5.61. The van der Waals surface area contributed by atoms with E-state index in [1.165, 1.54) is 19.3 Å². The van der Waals surface area contributed by atoms with E-state index >= 15 is 0 Å². The van der Waals surface area contributed by atoms with Crippen LogP contribution in [0, 0.1) is 11.8 Å². The number of carboxylic acids is 1. The summed E-state index contributed by atoms with van der Waals surface area (Å²) in [5, 5.41) is 9.10. The lowest BCUT2D eigenvalue weighted by Gasteiger charge is -2.36. The average Bonchev–Trinajstić information content (AvgIpc) is 2.45. The largest absolute Gasteiger partial charge is 0.478 e. The van der Waals surface area contributed by atoms with Crippen molar-refractivity contribution in [3.63, 3.8) is 0 Å². The van der Waals surface area contributed by atoms with Crippen LogP contribution in [0.4, 0.5) is 0 Å². The van der Waals surface area contributed by atoms with Gasteiger partial charge in [0.2, 0.25) is 0 Å². The molecule has 2 aliphatic rings. The maximum absolute atomic E-state index is 11.7. The second kappa shape index (κ2) is 7.85. The molecule has 0 aliphatic heterocycles. The fourth-order valence-electron chi connectivity index (χ4n) is 3.62. The number of ether oxygens (including phenoxy) is 1. The summed E-state index contributed by atoms with van der Waals surface area (Å²) in [7, 11) is 1.60. The van der Waals surface area contributed by atoms with Crippen LogP contribution < -0.4 is 0 Å². The van der Waals surface area contributed by atoms with Gasteiger partial charge in [0.15, 0.2) is 0 Å². The zero-order chi connectivity index (χ0) is 15.4. The van der Waals surface area contributed by atoms with Gasteiger partial charge in [-0.25, -0.2) is 4.79 Å². The minimum atomic E-state index is -0.825. The van der Waals surface area contributed by atoms with Gasteiger partial charge in [-0.05, 0) is 37.5 Å². The Morgan fingerprint density at radius 2 is 1.71 bits per heavy atom. The first-order valence-corrected chi connectivity index (χ1v) is 8.66. The van der Waals surface area contributed by atoms with Gasteiger partial charge in [0.05, 0.1) is 16.9 Å². The number of methoxy groups -OCH3 is 1. The number of hydrogen-bond acceptors (Lipinski definition) is 2. The van der Waals surface area contributed by atoms with E-state index in [0.29, 0.717) is 24.3 Å². The molecule has 5 heteroatoms. The Bertz CT molecular complexity index is 379. The molecule has 2 aliphatic carbocycles. The number of alkyl halides is 2. The lowest BCUT2D eigenvalue weighted by Crippen LogP contribution is -2.41. The van der Waals surface area contributed by atoms with Crippen LogP contribution in [-0.2, 0) is 9.53 Å². The van der Waals surface area contributed by atoms with Crippen molar-refractivity contribution in [2.45, 2.75) is 61.8 Å². The van der Waals surface area contributed by atoms with Crippen LogP contribution in [0.15, 0.2) is 11.6 Å². The molecule has 0 heterocycles. The van der Waals surface area contributed by atoms with Crippen molar-refractivity contribution in [2.75, 3.05) is 7.11 Å². The highest BCUT2D eigenvalue weighted by Crippen LogP contribution is 2.38. The third-order valence-electron chi connectivity index (χ3n) is 4.76. The van der Waals surface area contributed by atoms with Crippen LogP contribution in [0.25, 0.3) is 0 Å². The van der Waals surface area contributed by atoms with E-state index in [2.05, 4.69) is 0 Å². The summed E-state index contributed by atoms with van der Waals surface area (Å²) in [6.07, 6.45) is 8.86. The lowest BCUT2D eigenvalue weighted by atomic mass is 9.79. The van der Waals surface area contributed by atoms with Crippen LogP contribution in [0.3, 0.4) is 0 Å². The standard InChI is InChI=1S/C16H24Cl2O3/c1-21-15-13(17)8-11(9-14(15)18)12(16(19)20)7-10-5-3-2-4-6-10/h7,10-11,13-15H,2-6,8-9H2,1H3,(H,19,20)/b12-7+/t11?,13-,14-,15?/m0/s1. The number of rotatable bonds is 4. The fraction of sp³-hybridized carbons (Fsp3) is 0.812. The Labute approximate surface area is 136 Å². The molecule has 0 aromatic rings. The molecule has 0 spiro atoms. The van der Waals surface area contributed by atoms with E-state index < -0.39 is 5.97 Å². The minimum Gasteiger partial charge on any atom is -0.478 e. The van der Waals surface area contributed by atoms with Crippen LogP contribution in [0.5, 0.6) is 0 Å². The average molecular weight is 335 g/mol. The zero-order valence-corrected chi connectivity index (χ0v) is 13.9. The number of allylic oxidation sites excluding steroid dienone is 1. The number of aliphatic carboxylic acids is 1. The van der Waals surface area contributed by atoms with Gasteiger partial charge in [0, 0.05) is 12.7 Å². The van der Waals surface area contributed by atoms with Crippen LogP contribution >= 0.6 is 23.2 Å². The molecule has 0 radical (unpaired) electrons. The summed E-state index contributed by atoms with van der Waals surface area (Å²) in [5.41, 5.74) is 0.507. The second-order valence-corrected chi connectivity index (χ2v) is 7.35. The molecule has 0 aromatic heterocycles. The number of halogens is 2. The van der Waals surface area contributed by atoms with E-state index in [0.717, 1.165) is 12.8 Å². The van der Waals surface area contributed by atoms with Crippen molar-refractivity contribution in [1.29, 1.82) is 0 Å². The maximum Gasteiger partial charge on any atom is 0.331 e. The Kier molecular flexibility index (Phi) is 6.39. The van der Waals surface area contributed by atoms with E-state index in [-0.39, 0.29) is 22.8 Å². The van der Waals surface area contributed by atoms with Crippen molar-refractivity contribution in [1.82, 2.24) is 0 Å². The summed E-state index contributed by atoms with van der Waals surface area (Å²) >= 11 is 12.7. The van der Waals surface area contributed by atoms with Gasteiger partial charge in [-0.15, -0.1) is 23.2 Å². The Hall–Kier alpha value is -0.250. The second-order valence-electron chi connectivity index (χ2n) is 6.23. The van der Waals surface area contributed by atoms with E-state index in [1.54, 1.807) is 7.11 Å². The van der Waals surface area contributed by atoms with Crippen molar-refractivity contribution in [3.8, 4) is 0 Å². The van der Waals surface area contributed by atoms with E-state index in [9.17, 15) is 9.90 Å². The van der Waals surface area contributed by atoms with Gasteiger partial charge in [-0.1, -0.05) is 25.3 Å². The van der Waals surface area contributed by atoms with E-state index in [1.807, 2.05) is 6.08 Å². The molecular formula is C16H24Cl2O3. The predicted molar refractivity (Wildman–Crippen MR) is 85.1 cm³/mol. The SMILES string of the molecule is COC1[C@@H](Cl)CC(/C(=C\C2CCCCC2)C(=O)O)C[C@@H]1Cl. The highest BCUT2D eigenvalue weighted by Gasteiger charge is 2.39. The summed E-state index contributed by atoms with van der Waals surface area (Å²) in [6.45, 7) is 0. The van der Waals surface area contributed by atoms with Gasteiger partial charge in [-0.3, -0.25) is 0 Å². The molecule has 3 nitrogen and oxygen atoms in total. The number of hydrogen-bond donors (Lipinski definition) is 1. The third kappa shape index (κ3) is 4.37. The molecule has 0 saturated heterocycles. The highest BCUT2D eigenvalue weighted by molar-refractivity contribution is 6.24. The quantitative estimate of drug-likeness (QED) is 0.618. The first-order valence-electron chi connectivity index (χ1n) is 7.78. The molecule has 120 valence electrons. The normalized spacial score (nSPS) is 35.7. The van der Waals surface area contributed by atoms with Gasteiger partial charge in [0.25, 0.3) is 0 Å². The fourth-order valence-corrected chi connectivity index (χ4v) is 4.68. The van der Waals surface area contributed by atoms with Crippen LogP contribution in [0.2, 0.25) is 0 Å². The van der Waals surface area contributed by atoms with E-state index in [4.69, 9.17) is 27.9 Å².